The molecule has 0 aromatic carbocycles. The zero-order chi connectivity index (χ0) is 17.2. The minimum atomic E-state index is 0. The van der Waals surface area contributed by atoms with E-state index >= 15 is 0 Å². The molecule has 0 saturated carbocycles. The predicted molar refractivity (Wildman–Crippen MR) is 115 cm³/mol. The number of aromatic nitrogens is 2. The first-order chi connectivity index (χ1) is 11.7. The molecule has 8 heteroatoms. The van der Waals surface area contributed by atoms with Gasteiger partial charge in [0, 0.05) is 65.3 Å². The molecule has 0 aliphatic carbocycles. The lowest BCUT2D eigenvalue weighted by atomic mass is 10.1. The summed E-state index contributed by atoms with van der Waals surface area (Å²) in [5.74, 6) is 2.44. The summed E-state index contributed by atoms with van der Waals surface area (Å²) >= 11 is 0. The molecular weight excluding hydrogens is 429 g/mol. The molecule has 2 N–H and O–H groups in total. The summed E-state index contributed by atoms with van der Waals surface area (Å²) in [7, 11) is 1.82. The Labute approximate surface area is 168 Å². The summed E-state index contributed by atoms with van der Waals surface area (Å²) in [4.78, 5) is 17.6. The van der Waals surface area contributed by atoms with Crippen LogP contribution in [0.3, 0.4) is 0 Å². The summed E-state index contributed by atoms with van der Waals surface area (Å²) in [5, 5.41) is 6.75. The molecule has 1 saturated heterocycles. The van der Waals surface area contributed by atoms with Crippen LogP contribution in [0, 0.1) is 5.92 Å². The summed E-state index contributed by atoms with van der Waals surface area (Å²) in [5.41, 5.74) is 0. The minimum Gasteiger partial charge on any atom is -0.356 e. The fourth-order valence-electron chi connectivity index (χ4n) is 2.66. The second kappa shape index (κ2) is 12.2. The second-order valence-electron chi connectivity index (χ2n) is 6.49. The standard InChI is InChI=1S/C17H31N7.HI/c1-15(2)5-8-19-16(18-3)20-9-10-23-11-13-24(14-12-23)17-21-6-4-7-22-17;/h4,6-7,15H,5,8-14H2,1-3H3,(H2,18,19,20);1H. The van der Waals surface area contributed by atoms with Crippen LogP contribution >= 0.6 is 24.0 Å². The average molecular weight is 461 g/mol. The third kappa shape index (κ3) is 8.17. The minimum absolute atomic E-state index is 0. The first kappa shape index (κ1) is 21.9. The molecule has 2 rings (SSSR count). The fraction of sp³-hybridized carbons (Fsp3) is 0.706. The number of anilines is 1. The SMILES string of the molecule is CN=C(NCCC(C)C)NCCN1CCN(c2ncccn2)CC1.I. The van der Waals surface area contributed by atoms with E-state index in [0.29, 0.717) is 5.92 Å². The monoisotopic (exact) mass is 461 g/mol. The molecule has 7 nitrogen and oxygen atoms in total. The van der Waals surface area contributed by atoms with E-state index in [-0.39, 0.29) is 24.0 Å². The number of hydrogen-bond acceptors (Lipinski definition) is 5. The molecule has 0 radical (unpaired) electrons. The number of guanidine groups is 1. The molecule has 0 atom stereocenters. The van der Waals surface area contributed by atoms with Crippen LogP contribution in [0.25, 0.3) is 0 Å². The lowest BCUT2D eigenvalue weighted by molar-refractivity contribution is 0.260. The Bertz CT molecular complexity index is 487. The lowest BCUT2D eigenvalue weighted by Crippen LogP contribution is -2.49. The van der Waals surface area contributed by atoms with E-state index in [1.165, 1.54) is 0 Å². The van der Waals surface area contributed by atoms with E-state index in [0.717, 1.165) is 64.1 Å². The van der Waals surface area contributed by atoms with Gasteiger partial charge in [0.1, 0.15) is 0 Å². The molecule has 1 aliphatic rings. The highest BCUT2D eigenvalue weighted by molar-refractivity contribution is 14.0. The summed E-state index contributed by atoms with van der Waals surface area (Å²) in [6.07, 6.45) is 4.76. The molecule has 1 aromatic rings. The predicted octanol–water partition coefficient (Wildman–Crippen LogP) is 1.43. The first-order valence-corrected chi connectivity index (χ1v) is 8.88. The largest absolute Gasteiger partial charge is 0.356 e. The maximum absolute atomic E-state index is 4.32. The van der Waals surface area contributed by atoms with Crippen LogP contribution in [-0.4, -0.2) is 73.7 Å². The van der Waals surface area contributed by atoms with E-state index in [2.05, 4.69) is 49.2 Å². The highest BCUT2D eigenvalue weighted by atomic mass is 127. The molecule has 1 aliphatic heterocycles. The molecule has 0 unspecified atom stereocenters. The molecule has 1 aromatic heterocycles. The van der Waals surface area contributed by atoms with Crippen molar-refractivity contribution in [2.45, 2.75) is 20.3 Å². The van der Waals surface area contributed by atoms with E-state index < -0.39 is 0 Å². The maximum atomic E-state index is 4.32. The van der Waals surface area contributed by atoms with Gasteiger partial charge in [0.05, 0.1) is 0 Å². The molecule has 0 spiro atoms. The normalized spacial score (nSPS) is 15.8. The topological polar surface area (TPSA) is 68.7 Å². The van der Waals surface area contributed by atoms with Crippen molar-refractivity contribution in [3.8, 4) is 0 Å². The Hall–Kier alpha value is -1.16. The zero-order valence-electron chi connectivity index (χ0n) is 15.6. The van der Waals surface area contributed by atoms with Crippen molar-refractivity contribution in [2.75, 3.05) is 57.8 Å². The van der Waals surface area contributed by atoms with Crippen LogP contribution in [0.15, 0.2) is 23.5 Å². The van der Waals surface area contributed by atoms with Gasteiger partial charge in [0.25, 0.3) is 0 Å². The van der Waals surface area contributed by atoms with Crippen LogP contribution in [0.4, 0.5) is 5.95 Å². The maximum Gasteiger partial charge on any atom is 0.225 e. The Morgan fingerprint density at radius 3 is 2.36 bits per heavy atom. The van der Waals surface area contributed by atoms with E-state index in [1.54, 1.807) is 12.4 Å². The van der Waals surface area contributed by atoms with E-state index in [4.69, 9.17) is 0 Å². The van der Waals surface area contributed by atoms with Gasteiger partial charge in [0.2, 0.25) is 5.95 Å². The molecule has 25 heavy (non-hydrogen) atoms. The van der Waals surface area contributed by atoms with Crippen LogP contribution in [0.1, 0.15) is 20.3 Å². The van der Waals surface area contributed by atoms with Gasteiger partial charge in [-0.05, 0) is 18.4 Å². The quantitative estimate of drug-likeness (QED) is 0.364. The molecule has 2 heterocycles. The van der Waals surface area contributed by atoms with Gasteiger partial charge in [-0.25, -0.2) is 9.97 Å². The number of rotatable bonds is 7. The molecule has 0 amide bonds. The summed E-state index contributed by atoms with van der Waals surface area (Å²) in [6.45, 7) is 11.4. The van der Waals surface area contributed by atoms with Crippen LogP contribution in [0.2, 0.25) is 0 Å². The van der Waals surface area contributed by atoms with E-state index in [1.807, 2.05) is 13.1 Å². The van der Waals surface area contributed by atoms with Crippen molar-refractivity contribution in [3.05, 3.63) is 18.5 Å². The van der Waals surface area contributed by atoms with Crippen molar-refractivity contribution >= 4 is 35.9 Å². The van der Waals surface area contributed by atoms with Crippen LogP contribution < -0.4 is 15.5 Å². The van der Waals surface area contributed by atoms with Gasteiger partial charge < -0.3 is 15.5 Å². The Morgan fingerprint density at radius 2 is 1.76 bits per heavy atom. The lowest BCUT2D eigenvalue weighted by Gasteiger charge is -2.34. The van der Waals surface area contributed by atoms with Gasteiger partial charge in [-0.1, -0.05) is 13.8 Å². The number of halogens is 1. The van der Waals surface area contributed by atoms with Crippen molar-refractivity contribution in [1.29, 1.82) is 0 Å². The fourth-order valence-corrected chi connectivity index (χ4v) is 2.66. The zero-order valence-corrected chi connectivity index (χ0v) is 17.9. The van der Waals surface area contributed by atoms with Crippen LogP contribution in [-0.2, 0) is 0 Å². The highest BCUT2D eigenvalue weighted by Crippen LogP contribution is 2.08. The Kier molecular flexibility index (Phi) is 10.7. The molecule has 0 bridgehead atoms. The van der Waals surface area contributed by atoms with Crippen LogP contribution in [0.5, 0.6) is 0 Å². The number of nitrogens with zero attached hydrogens (tertiary/aromatic N) is 5. The summed E-state index contributed by atoms with van der Waals surface area (Å²) < 4.78 is 0. The van der Waals surface area contributed by atoms with Gasteiger partial charge >= 0.3 is 0 Å². The van der Waals surface area contributed by atoms with Gasteiger partial charge in [-0.15, -0.1) is 24.0 Å². The second-order valence-corrected chi connectivity index (χ2v) is 6.49. The van der Waals surface area contributed by atoms with Gasteiger partial charge in [-0.2, -0.15) is 0 Å². The number of hydrogen-bond donors (Lipinski definition) is 2. The Morgan fingerprint density at radius 1 is 1.12 bits per heavy atom. The third-order valence-corrected chi connectivity index (χ3v) is 4.17. The van der Waals surface area contributed by atoms with Crippen molar-refractivity contribution in [2.24, 2.45) is 10.9 Å². The first-order valence-electron chi connectivity index (χ1n) is 8.88. The number of aliphatic imine (C=N–C) groups is 1. The smallest absolute Gasteiger partial charge is 0.225 e. The van der Waals surface area contributed by atoms with Crippen molar-refractivity contribution in [3.63, 3.8) is 0 Å². The van der Waals surface area contributed by atoms with Crippen molar-refractivity contribution < 1.29 is 0 Å². The average Bonchev–Trinajstić information content (AvgIpc) is 2.61. The highest BCUT2D eigenvalue weighted by Gasteiger charge is 2.18. The molecular formula is C17H32IN7. The number of piperazine rings is 1. The number of nitrogens with one attached hydrogen (secondary N) is 2. The van der Waals surface area contributed by atoms with Gasteiger partial charge in [-0.3, -0.25) is 9.89 Å². The van der Waals surface area contributed by atoms with E-state index in [9.17, 15) is 0 Å². The molecule has 1 fully saturated rings. The third-order valence-electron chi connectivity index (χ3n) is 4.17. The summed E-state index contributed by atoms with van der Waals surface area (Å²) in [6, 6.07) is 1.85. The Balaban J connectivity index is 0.00000312. The van der Waals surface area contributed by atoms with Crippen molar-refractivity contribution in [1.82, 2.24) is 25.5 Å². The molecule has 142 valence electrons. The van der Waals surface area contributed by atoms with Gasteiger partial charge in [0.15, 0.2) is 5.96 Å².